The number of amides is 2. The molecule has 0 aromatic heterocycles. The van der Waals surface area contributed by atoms with E-state index in [0.717, 1.165) is 52.5 Å². The first-order valence-corrected chi connectivity index (χ1v) is 6.17. The normalized spacial score (nSPS) is 34.2. The monoisotopic (exact) mass is 225 g/mol. The van der Waals surface area contributed by atoms with Gasteiger partial charge in [0.15, 0.2) is 0 Å². The second kappa shape index (κ2) is 4.22. The molecule has 0 radical (unpaired) electrons. The molecule has 5 nitrogen and oxygen atoms in total. The van der Waals surface area contributed by atoms with Gasteiger partial charge < -0.3 is 19.9 Å². The topological polar surface area (TPSA) is 44.8 Å². The summed E-state index contributed by atoms with van der Waals surface area (Å²) >= 11 is 0. The highest BCUT2D eigenvalue weighted by atomic mass is 16.5. The van der Waals surface area contributed by atoms with Crippen molar-refractivity contribution in [3.05, 3.63) is 0 Å². The molecule has 0 aromatic rings. The van der Waals surface area contributed by atoms with Crippen molar-refractivity contribution >= 4 is 6.03 Å². The van der Waals surface area contributed by atoms with Crippen LogP contribution in [-0.4, -0.2) is 68.3 Å². The first kappa shape index (κ1) is 10.4. The molecule has 16 heavy (non-hydrogen) atoms. The Kier molecular flexibility index (Phi) is 2.73. The summed E-state index contributed by atoms with van der Waals surface area (Å²) in [4.78, 5) is 16.2. The molecule has 3 aliphatic rings. The third kappa shape index (κ3) is 1.78. The lowest BCUT2D eigenvalue weighted by Gasteiger charge is -2.31. The fourth-order valence-corrected chi connectivity index (χ4v) is 2.90. The van der Waals surface area contributed by atoms with E-state index < -0.39 is 0 Å². The fourth-order valence-electron chi connectivity index (χ4n) is 2.90. The van der Waals surface area contributed by atoms with Crippen molar-refractivity contribution in [3.8, 4) is 0 Å². The van der Waals surface area contributed by atoms with Crippen molar-refractivity contribution in [2.75, 3.05) is 52.5 Å². The molecule has 5 heteroatoms. The van der Waals surface area contributed by atoms with E-state index >= 15 is 0 Å². The second-order valence-electron chi connectivity index (χ2n) is 4.98. The minimum atomic E-state index is 0.232. The first-order valence-electron chi connectivity index (χ1n) is 6.17. The number of carbonyl (C=O) groups excluding carboxylic acids is 1. The number of rotatable bonds is 0. The molecule has 1 N–H and O–H groups in total. The summed E-state index contributed by atoms with van der Waals surface area (Å²) in [6.45, 7) is 7.03. The van der Waals surface area contributed by atoms with Gasteiger partial charge in [0.25, 0.3) is 0 Å². The molecule has 2 amide bonds. The van der Waals surface area contributed by atoms with Gasteiger partial charge in [-0.3, -0.25) is 0 Å². The summed E-state index contributed by atoms with van der Waals surface area (Å²) in [5, 5.41) is 3.27. The van der Waals surface area contributed by atoms with Crippen LogP contribution in [0.3, 0.4) is 0 Å². The number of carbonyl (C=O) groups is 1. The average molecular weight is 225 g/mol. The zero-order valence-electron chi connectivity index (χ0n) is 9.52. The molecule has 2 atom stereocenters. The summed E-state index contributed by atoms with van der Waals surface area (Å²) < 4.78 is 5.42. The number of nitrogens with one attached hydrogen (secondary N) is 1. The number of hydrogen-bond acceptors (Lipinski definition) is 3. The maximum Gasteiger partial charge on any atom is 0.320 e. The summed E-state index contributed by atoms with van der Waals surface area (Å²) in [6.07, 6.45) is 0. The highest BCUT2D eigenvalue weighted by Crippen LogP contribution is 2.29. The van der Waals surface area contributed by atoms with Gasteiger partial charge in [-0.1, -0.05) is 0 Å². The van der Waals surface area contributed by atoms with Gasteiger partial charge in [0, 0.05) is 51.1 Å². The van der Waals surface area contributed by atoms with Gasteiger partial charge >= 0.3 is 6.03 Å². The van der Waals surface area contributed by atoms with Gasteiger partial charge in [-0.2, -0.15) is 0 Å². The van der Waals surface area contributed by atoms with E-state index in [0.29, 0.717) is 11.8 Å². The molecule has 2 unspecified atom stereocenters. The Hall–Kier alpha value is -0.810. The van der Waals surface area contributed by atoms with E-state index in [-0.39, 0.29) is 6.03 Å². The highest BCUT2D eigenvalue weighted by Gasteiger charge is 2.40. The smallest absolute Gasteiger partial charge is 0.320 e. The van der Waals surface area contributed by atoms with Crippen LogP contribution in [-0.2, 0) is 4.74 Å². The number of ether oxygens (including phenoxy) is 1. The largest absolute Gasteiger partial charge is 0.381 e. The Morgan fingerprint density at radius 2 is 1.69 bits per heavy atom. The lowest BCUT2D eigenvalue weighted by molar-refractivity contribution is 0.133. The molecular formula is C11H19N3O2. The van der Waals surface area contributed by atoms with E-state index in [1.165, 1.54) is 0 Å². The quantitative estimate of drug-likeness (QED) is 0.609. The molecule has 0 spiro atoms. The third-order valence-corrected chi connectivity index (χ3v) is 3.90. The number of urea groups is 1. The summed E-state index contributed by atoms with van der Waals surface area (Å²) in [6, 6.07) is 0.232. The van der Waals surface area contributed by atoms with Gasteiger partial charge in [-0.15, -0.1) is 0 Å². The molecule has 3 fully saturated rings. The van der Waals surface area contributed by atoms with Crippen LogP contribution >= 0.6 is 0 Å². The minimum absolute atomic E-state index is 0.232. The molecule has 0 aliphatic carbocycles. The van der Waals surface area contributed by atoms with E-state index in [1.54, 1.807) is 0 Å². The Morgan fingerprint density at radius 3 is 2.31 bits per heavy atom. The third-order valence-electron chi connectivity index (χ3n) is 3.90. The van der Waals surface area contributed by atoms with Gasteiger partial charge in [-0.05, 0) is 0 Å². The van der Waals surface area contributed by atoms with E-state index in [1.807, 2.05) is 9.80 Å². The summed E-state index contributed by atoms with van der Waals surface area (Å²) in [5.41, 5.74) is 0. The van der Waals surface area contributed by atoms with Crippen LogP contribution in [0.25, 0.3) is 0 Å². The Labute approximate surface area is 95.7 Å². The zero-order valence-corrected chi connectivity index (χ0v) is 9.52. The zero-order chi connectivity index (χ0) is 11.0. The van der Waals surface area contributed by atoms with Gasteiger partial charge in [0.05, 0.1) is 13.2 Å². The van der Waals surface area contributed by atoms with Crippen LogP contribution in [0.1, 0.15) is 0 Å². The van der Waals surface area contributed by atoms with Gasteiger partial charge in [0.1, 0.15) is 0 Å². The van der Waals surface area contributed by atoms with Crippen molar-refractivity contribution in [2.24, 2.45) is 11.8 Å². The molecule has 0 aromatic carbocycles. The number of fused-ring (bicyclic) bond motifs is 1. The van der Waals surface area contributed by atoms with Crippen LogP contribution in [0.15, 0.2) is 0 Å². The van der Waals surface area contributed by atoms with Crippen molar-refractivity contribution in [3.63, 3.8) is 0 Å². The maximum atomic E-state index is 12.2. The lowest BCUT2D eigenvalue weighted by atomic mass is 10.0. The van der Waals surface area contributed by atoms with Crippen LogP contribution in [0.2, 0.25) is 0 Å². The number of hydrogen-bond donors (Lipinski definition) is 1. The average Bonchev–Trinajstić information content (AvgIpc) is 2.89. The van der Waals surface area contributed by atoms with Crippen molar-refractivity contribution in [1.29, 1.82) is 0 Å². The van der Waals surface area contributed by atoms with Crippen molar-refractivity contribution < 1.29 is 9.53 Å². The molecular weight excluding hydrogens is 206 g/mol. The second-order valence-corrected chi connectivity index (χ2v) is 4.98. The van der Waals surface area contributed by atoms with E-state index in [4.69, 9.17) is 4.74 Å². The van der Waals surface area contributed by atoms with Crippen LogP contribution in [0.5, 0.6) is 0 Å². The summed E-state index contributed by atoms with van der Waals surface area (Å²) in [7, 11) is 0. The molecule has 3 saturated heterocycles. The fraction of sp³-hybridized carbons (Fsp3) is 0.909. The first-order chi connectivity index (χ1) is 7.84. The van der Waals surface area contributed by atoms with Crippen LogP contribution in [0.4, 0.5) is 4.79 Å². The molecule has 0 bridgehead atoms. The van der Waals surface area contributed by atoms with Gasteiger partial charge in [0.2, 0.25) is 0 Å². The molecule has 3 heterocycles. The number of piperazine rings is 1. The highest BCUT2D eigenvalue weighted by molar-refractivity contribution is 5.75. The Balaban J connectivity index is 1.59. The SMILES string of the molecule is O=C(N1CCNCC1)N1CC2COCC2C1. The van der Waals surface area contributed by atoms with Gasteiger partial charge in [-0.25, -0.2) is 4.79 Å². The predicted octanol–water partition coefficient (Wildman–Crippen LogP) is -0.410. The van der Waals surface area contributed by atoms with Crippen LogP contribution in [0, 0.1) is 11.8 Å². The lowest BCUT2D eigenvalue weighted by Crippen LogP contribution is -2.51. The van der Waals surface area contributed by atoms with Crippen molar-refractivity contribution in [2.45, 2.75) is 0 Å². The molecule has 0 saturated carbocycles. The Bertz CT molecular complexity index is 266. The van der Waals surface area contributed by atoms with E-state index in [9.17, 15) is 4.79 Å². The molecule has 3 aliphatic heterocycles. The maximum absolute atomic E-state index is 12.2. The van der Waals surface area contributed by atoms with Crippen molar-refractivity contribution in [1.82, 2.24) is 15.1 Å². The van der Waals surface area contributed by atoms with Crippen LogP contribution < -0.4 is 5.32 Å². The van der Waals surface area contributed by atoms with E-state index in [2.05, 4.69) is 5.32 Å². The standard InChI is InChI=1S/C11H19N3O2/c15-11(13-3-1-12-2-4-13)14-5-9-7-16-8-10(9)6-14/h9-10,12H,1-8H2. The molecule has 3 rings (SSSR count). The predicted molar refractivity (Wildman–Crippen MR) is 59.2 cm³/mol. The minimum Gasteiger partial charge on any atom is -0.381 e. The number of likely N-dealkylation sites (tertiary alicyclic amines) is 1. The number of nitrogens with zero attached hydrogens (tertiary/aromatic N) is 2. The molecule has 90 valence electrons. The summed E-state index contributed by atoms with van der Waals surface area (Å²) in [5.74, 6) is 1.18. The Morgan fingerprint density at radius 1 is 1.06 bits per heavy atom.